The summed E-state index contributed by atoms with van der Waals surface area (Å²) in [7, 11) is 3.21. The molecule has 0 bridgehead atoms. The first-order valence-corrected chi connectivity index (χ1v) is 7.45. The highest BCUT2D eigenvalue weighted by Gasteiger charge is 2.06. The summed E-state index contributed by atoms with van der Waals surface area (Å²) < 4.78 is 10.5. The van der Waals surface area contributed by atoms with Crippen LogP contribution in [0.25, 0.3) is 0 Å². The summed E-state index contributed by atoms with van der Waals surface area (Å²) in [5, 5.41) is 6.07. The first-order chi connectivity index (χ1) is 11.1. The van der Waals surface area contributed by atoms with Gasteiger partial charge in [0.05, 0.1) is 19.9 Å². The van der Waals surface area contributed by atoms with Crippen molar-refractivity contribution >= 4 is 17.3 Å². The number of hydrogen-bond donors (Lipinski definition) is 2. The average Bonchev–Trinajstić information content (AvgIpc) is 2.57. The second-order valence-corrected chi connectivity index (χ2v) is 5.16. The van der Waals surface area contributed by atoms with Crippen LogP contribution in [-0.2, 0) is 4.79 Å². The minimum Gasteiger partial charge on any atom is -0.497 e. The Kier molecular flexibility index (Phi) is 5.86. The third-order valence-corrected chi connectivity index (χ3v) is 3.41. The maximum atomic E-state index is 11.9. The molecular formula is C18H22N2O3. The van der Waals surface area contributed by atoms with E-state index in [1.165, 1.54) is 0 Å². The summed E-state index contributed by atoms with van der Waals surface area (Å²) >= 11 is 0. The lowest BCUT2D eigenvalue weighted by Crippen LogP contribution is -2.16. The highest BCUT2D eigenvalue weighted by atomic mass is 16.5. The number of anilines is 2. The fourth-order valence-corrected chi connectivity index (χ4v) is 2.12. The van der Waals surface area contributed by atoms with E-state index in [1.807, 2.05) is 43.3 Å². The van der Waals surface area contributed by atoms with Crippen LogP contribution in [0.2, 0.25) is 0 Å². The first-order valence-electron chi connectivity index (χ1n) is 7.45. The zero-order chi connectivity index (χ0) is 16.7. The van der Waals surface area contributed by atoms with Crippen LogP contribution in [0.4, 0.5) is 11.4 Å². The Morgan fingerprint density at radius 1 is 1.04 bits per heavy atom. The number of aryl methyl sites for hydroxylation is 1. The minimum atomic E-state index is -0.0335. The summed E-state index contributed by atoms with van der Waals surface area (Å²) in [4.78, 5) is 11.9. The Balaban J connectivity index is 1.84. The molecule has 5 heteroatoms. The number of hydrogen-bond acceptors (Lipinski definition) is 4. The van der Waals surface area contributed by atoms with E-state index in [0.29, 0.717) is 18.7 Å². The van der Waals surface area contributed by atoms with Crippen molar-refractivity contribution in [3.8, 4) is 11.5 Å². The number of carbonyl (C=O) groups is 1. The van der Waals surface area contributed by atoms with Gasteiger partial charge in [0.15, 0.2) is 0 Å². The van der Waals surface area contributed by atoms with E-state index in [1.54, 1.807) is 20.3 Å². The fourth-order valence-electron chi connectivity index (χ4n) is 2.12. The monoisotopic (exact) mass is 314 g/mol. The molecule has 0 saturated heterocycles. The number of rotatable bonds is 7. The molecule has 0 atom stereocenters. The first kappa shape index (κ1) is 16.7. The molecule has 122 valence electrons. The molecule has 0 aromatic heterocycles. The average molecular weight is 314 g/mol. The molecular weight excluding hydrogens is 292 g/mol. The quantitative estimate of drug-likeness (QED) is 0.822. The van der Waals surface area contributed by atoms with Crippen LogP contribution in [0.15, 0.2) is 42.5 Å². The number of carbonyl (C=O) groups excluding carboxylic acids is 1. The Labute approximate surface area is 136 Å². The molecule has 0 aliphatic carbocycles. The summed E-state index contributed by atoms with van der Waals surface area (Å²) in [6.45, 7) is 2.53. The van der Waals surface area contributed by atoms with Gasteiger partial charge in [0.2, 0.25) is 5.91 Å². The number of benzene rings is 2. The topological polar surface area (TPSA) is 59.6 Å². The highest BCUT2D eigenvalue weighted by molar-refractivity contribution is 5.91. The minimum absolute atomic E-state index is 0.0335. The van der Waals surface area contributed by atoms with E-state index in [0.717, 1.165) is 22.7 Å². The summed E-state index contributed by atoms with van der Waals surface area (Å²) in [6.07, 6.45) is 0.364. The smallest absolute Gasteiger partial charge is 0.226 e. The maximum absolute atomic E-state index is 11.9. The van der Waals surface area contributed by atoms with Crippen LogP contribution in [0.1, 0.15) is 12.0 Å². The number of methoxy groups -OCH3 is 2. The van der Waals surface area contributed by atoms with E-state index in [9.17, 15) is 4.79 Å². The van der Waals surface area contributed by atoms with Gasteiger partial charge < -0.3 is 20.1 Å². The lowest BCUT2D eigenvalue weighted by atomic mass is 10.2. The van der Waals surface area contributed by atoms with Gasteiger partial charge in [-0.25, -0.2) is 0 Å². The highest BCUT2D eigenvalue weighted by Crippen LogP contribution is 2.28. The lowest BCUT2D eigenvalue weighted by molar-refractivity contribution is -0.115. The van der Waals surface area contributed by atoms with Gasteiger partial charge in [0, 0.05) is 24.7 Å². The standard InChI is InChI=1S/C18H22N2O3/c1-13-4-6-14(7-5-13)20-18(21)10-11-19-16-9-8-15(22-2)12-17(16)23-3/h4-9,12,19H,10-11H2,1-3H3,(H,20,21). The van der Waals surface area contributed by atoms with Crippen LogP contribution >= 0.6 is 0 Å². The van der Waals surface area contributed by atoms with Crippen molar-refractivity contribution in [2.24, 2.45) is 0 Å². The molecule has 2 N–H and O–H groups in total. The Bertz CT molecular complexity index is 654. The molecule has 0 heterocycles. The van der Waals surface area contributed by atoms with Crippen LogP contribution in [-0.4, -0.2) is 26.7 Å². The Hall–Kier alpha value is -2.69. The molecule has 0 aliphatic heterocycles. The molecule has 0 fully saturated rings. The summed E-state index contributed by atoms with van der Waals surface area (Å²) in [6, 6.07) is 13.2. The van der Waals surface area contributed by atoms with Crippen LogP contribution in [0.5, 0.6) is 11.5 Å². The van der Waals surface area contributed by atoms with Crippen molar-refractivity contribution in [1.29, 1.82) is 0 Å². The Morgan fingerprint density at radius 2 is 1.78 bits per heavy atom. The molecule has 5 nitrogen and oxygen atoms in total. The SMILES string of the molecule is COc1ccc(NCCC(=O)Nc2ccc(C)cc2)c(OC)c1. The van der Waals surface area contributed by atoms with Crippen molar-refractivity contribution < 1.29 is 14.3 Å². The van der Waals surface area contributed by atoms with E-state index < -0.39 is 0 Å². The van der Waals surface area contributed by atoms with Crippen LogP contribution in [0.3, 0.4) is 0 Å². The second kappa shape index (κ2) is 8.08. The van der Waals surface area contributed by atoms with Gasteiger partial charge in [-0.1, -0.05) is 17.7 Å². The van der Waals surface area contributed by atoms with E-state index >= 15 is 0 Å². The lowest BCUT2D eigenvalue weighted by Gasteiger charge is -2.12. The summed E-state index contributed by atoms with van der Waals surface area (Å²) in [5.74, 6) is 1.38. The number of ether oxygens (including phenoxy) is 2. The fraction of sp³-hybridized carbons (Fsp3) is 0.278. The van der Waals surface area contributed by atoms with Crippen molar-refractivity contribution in [2.45, 2.75) is 13.3 Å². The predicted octanol–water partition coefficient (Wildman–Crippen LogP) is 3.45. The van der Waals surface area contributed by atoms with Crippen molar-refractivity contribution in [1.82, 2.24) is 0 Å². The van der Waals surface area contributed by atoms with E-state index in [4.69, 9.17) is 9.47 Å². The molecule has 2 aromatic carbocycles. The molecule has 0 spiro atoms. The van der Waals surface area contributed by atoms with Crippen LogP contribution < -0.4 is 20.1 Å². The number of nitrogens with one attached hydrogen (secondary N) is 2. The third kappa shape index (κ3) is 4.92. The van der Waals surface area contributed by atoms with E-state index in [-0.39, 0.29) is 5.91 Å². The molecule has 0 unspecified atom stereocenters. The largest absolute Gasteiger partial charge is 0.497 e. The van der Waals surface area contributed by atoms with Gasteiger partial charge in [-0.15, -0.1) is 0 Å². The van der Waals surface area contributed by atoms with Gasteiger partial charge in [-0.2, -0.15) is 0 Å². The normalized spacial score (nSPS) is 10.0. The van der Waals surface area contributed by atoms with Crippen molar-refractivity contribution in [3.05, 3.63) is 48.0 Å². The molecule has 0 aliphatic rings. The molecule has 23 heavy (non-hydrogen) atoms. The van der Waals surface area contributed by atoms with Gasteiger partial charge in [0.25, 0.3) is 0 Å². The van der Waals surface area contributed by atoms with Crippen molar-refractivity contribution in [2.75, 3.05) is 31.4 Å². The molecule has 2 aromatic rings. The molecule has 0 saturated carbocycles. The Morgan fingerprint density at radius 3 is 2.43 bits per heavy atom. The van der Waals surface area contributed by atoms with Gasteiger partial charge >= 0.3 is 0 Å². The second-order valence-electron chi connectivity index (χ2n) is 5.16. The third-order valence-electron chi connectivity index (χ3n) is 3.41. The van der Waals surface area contributed by atoms with Gasteiger partial charge in [-0.3, -0.25) is 4.79 Å². The maximum Gasteiger partial charge on any atom is 0.226 e. The zero-order valence-electron chi connectivity index (χ0n) is 13.7. The van der Waals surface area contributed by atoms with Crippen LogP contribution in [0, 0.1) is 6.92 Å². The molecule has 0 radical (unpaired) electrons. The number of amides is 1. The van der Waals surface area contributed by atoms with Gasteiger partial charge in [0.1, 0.15) is 11.5 Å². The van der Waals surface area contributed by atoms with Crippen molar-refractivity contribution in [3.63, 3.8) is 0 Å². The van der Waals surface area contributed by atoms with Gasteiger partial charge in [-0.05, 0) is 31.2 Å². The zero-order valence-corrected chi connectivity index (χ0v) is 13.7. The van der Waals surface area contributed by atoms with E-state index in [2.05, 4.69) is 10.6 Å². The molecule has 2 rings (SSSR count). The summed E-state index contributed by atoms with van der Waals surface area (Å²) in [5.41, 5.74) is 2.80. The predicted molar refractivity (Wildman–Crippen MR) is 92.5 cm³/mol. The molecule has 1 amide bonds.